The van der Waals surface area contributed by atoms with Gasteiger partial charge < -0.3 is 10.2 Å². The van der Waals surface area contributed by atoms with Crippen molar-refractivity contribution < 1.29 is 0 Å². The van der Waals surface area contributed by atoms with Crippen molar-refractivity contribution in [2.24, 2.45) is 12.0 Å². The second-order valence-corrected chi connectivity index (χ2v) is 7.15. The van der Waals surface area contributed by atoms with Gasteiger partial charge in [-0.2, -0.15) is 5.10 Å². The molecule has 3 aromatic heterocycles. The second kappa shape index (κ2) is 7.84. The summed E-state index contributed by atoms with van der Waals surface area (Å²) in [5.74, 6) is 3.24. The Hall–Kier alpha value is -3.16. The molecule has 0 saturated carbocycles. The first-order valence-corrected chi connectivity index (χ1v) is 9.53. The lowest BCUT2D eigenvalue weighted by Gasteiger charge is -2.21. The summed E-state index contributed by atoms with van der Waals surface area (Å²) in [5.41, 5.74) is 2.42. The summed E-state index contributed by atoms with van der Waals surface area (Å²) in [6, 6.07) is 4.10. The number of likely N-dealkylation sites (tertiary alicyclic amines) is 1. The Kier molecular flexibility index (Phi) is 5.10. The van der Waals surface area contributed by atoms with Gasteiger partial charge in [-0.25, -0.2) is 9.97 Å². The molecular weight excluding hydrogens is 352 g/mol. The number of guanidine groups is 1. The van der Waals surface area contributed by atoms with E-state index in [0.717, 1.165) is 42.7 Å². The highest BCUT2D eigenvalue weighted by molar-refractivity contribution is 5.80. The molecule has 0 bridgehead atoms. The van der Waals surface area contributed by atoms with E-state index in [9.17, 15) is 0 Å². The lowest BCUT2D eigenvalue weighted by molar-refractivity contribution is 0.485. The second-order valence-electron chi connectivity index (χ2n) is 7.15. The van der Waals surface area contributed by atoms with Gasteiger partial charge in [0, 0.05) is 64.4 Å². The number of hydrogen-bond donors (Lipinski definition) is 1. The van der Waals surface area contributed by atoms with Crippen LogP contribution in [0, 0.1) is 6.92 Å². The van der Waals surface area contributed by atoms with Crippen LogP contribution in [-0.2, 0) is 13.6 Å². The van der Waals surface area contributed by atoms with Crippen LogP contribution < -0.4 is 5.32 Å². The van der Waals surface area contributed by atoms with E-state index in [0.29, 0.717) is 12.5 Å². The van der Waals surface area contributed by atoms with Gasteiger partial charge in [0.2, 0.25) is 0 Å². The van der Waals surface area contributed by atoms with Crippen molar-refractivity contribution in [3.05, 3.63) is 60.1 Å². The van der Waals surface area contributed by atoms with E-state index in [2.05, 4.69) is 42.5 Å². The molecule has 1 aliphatic heterocycles. The van der Waals surface area contributed by atoms with Gasteiger partial charge in [-0.1, -0.05) is 6.07 Å². The van der Waals surface area contributed by atoms with Crippen LogP contribution in [-0.4, -0.2) is 55.3 Å². The third-order valence-electron chi connectivity index (χ3n) is 5.23. The monoisotopic (exact) mass is 378 g/mol. The molecule has 0 radical (unpaired) electrons. The minimum Gasteiger partial charge on any atom is -0.352 e. The Bertz CT molecular complexity index is 953. The number of imidazole rings is 1. The zero-order chi connectivity index (χ0) is 19.5. The Balaban J connectivity index is 1.35. The third-order valence-corrected chi connectivity index (χ3v) is 5.23. The normalized spacial score (nSPS) is 17.3. The fourth-order valence-corrected chi connectivity index (χ4v) is 3.67. The molecule has 0 amide bonds. The maximum Gasteiger partial charge on any atom is 0.193 e. The zero-order valence-electron chi connectivity index (χ0n) is 16.6. The topological polar surface area (TPSA) is 76.2 Å². The van der Waals surface area contributed by atoms with Crippen molar-refractivity contribution in [3.8, 4) is 5.82 Å². The van der Waals surface area contributed by atoms with Crippen LogP contribution in [0.25, 0.3) is 5.82 Å². The van der Waals surface area contributed by atoms with Crippen LogP contribution in [0.5, 0.6) is 0 Å². The Morgan fingerprint density at radius 1 is 1.29 bits per heavy atom. The number of aryl methyl sites for hydroxylation is 2. The highest BCUT2D eigenvalue weighted by atomic mass is 15.3. The fraction of sp³-hybridized carbons (Fsp3) is 0.400. The molecule has 8 nitrogen and oxygen atoms in total. The van der Waals surface area contributed by atoms with E-state index in [1.54, 1.807) is 6.20 Å². The lowest BCUT2D eigenvalue weighted by Crippen LogP contribution is -2.39. The van der Waals surface area contributed by atoms with Crippen LogP contribution in [0.2, 0.25) is 0 Å². The number of aromatic nitrogens is 5. The third kappa shape index (κ3) is 3.76. The minimum atomic E-state index is 0.506. The Morgan fingerprint density at radius 3 is 2.82 bits per heavy atom. The molecule has 8 heteroatoms. The molecule has 1 unspecified atom stereocenters. The maximum atomic E-state index is 4.56. The molecule has 1 N–H and O–H groups in total. The predicted octanol–water partition coefficient (Wildman–Crippen LogP) is 1.87. The number of aliphatic imine (C=N–C) groups is 1. The molecule has 28 heavy (non-hydrogen) atoms. The van der Waals surface area contributed by atoms with E-state index in [4.69, 9.17) is 0 Å². The van der Waals surface area contributed by atoms with Gasteiger partial charge in [-0.3, -0.25) is 14.2 Å². The summed E-state index contributed by atoms with van der Waals surface area (Å²) < 4.78 is 3.84. The molecule has 1 saturated heterocycles. The molecule has 0 aliphatic carbocycles. The SMILES string of the molecule is CN=C(NCc1ccc(-n2ccnc2C)nc1)N1CCC(c2cnn(C)c2)C1. The molecule has 1 aliphatic rings. The van der Waals surface area contributed by atoms with E-state index in [-0.39, 0.29) is 0 Å². The standard InChI is InChI=1S/C20H26N8/c1-15-22-7-9-28(15)19-5-4-16(10-23-19)11-24-20(21-2)27-8-6-17(14-27)18-12-25-26(3)13-18/h4-5,7,9-10,12-13,17H,6,8,11,14H2,1-3H3,(H,21,24). The van der Waals surface area contributed by atoms with Crippen molar-refractivity contribution in [1.82, 2.24) is 34.5 Å². The summed E-state index contributed by atoms with van der Waals surface area (Å²) in [6.07, 6.45) is 10.8. The van der Waals surface area contributed by atoms with Crippen LogP contribution in [0.3, 0.4) is 0 Å². The number of nitrogens with one attached hydrogen (secondary N) is 1. The molecule has 1 atom stereocenters. The lowest BCUT2D eigenvalue weighted by atomic mass is 10.0. The smallest absolute Gasteiger partial charge is 0.193 e. The average Bonchev–Trinajstić information content (AvgIpc) is 3.44. The first-order valence-electron chi connectivity index (χ1n) is 9.53. The largest absolute Gasteiger partial charge is 0.352 e. The molecule has 4 heterocycles. The quantitative estimate of drug-likeness (QED) is 0.554. The minimum absolute atomic E-state index is 0.506. The fourth-order valence-electron chi connectivity index (χ4n) is 3.67. The van der Waals surface area contributed by atoms with Gasteiger partial charge in [0.05, 0.1) is 6.20 Å². The number of rotatable bonds is 4. The first kappa shape index (κ1) is 18.2. The molecule has 1 fully saturated rings. The van der Waals surface area contributed by atoms with E-state index < -0.39 is 0 Å². The maximum absolute atomic E-state index is 4.56. The molecular formula is C20H26N8. The van der Waals surface area contributed by atoms with Gasteiger partial charge in [0.15, 0.2) is 5.96 Å². The number of hydrogen-bond acceptors (Lipinski definition) is 4. The van der Waals surface area contributed by atoms with Gasteiger partial charge in [0.1, 0.15) is 11.6 Å². The number of nitrogens with zero attached hydrogens (tertiary/aromatic N) is 7. The Morgan fingerprint density at radius 2 is 2.18 bits per heavy atom. The highest BCUT2D eigenvalue weighted by Gasteiger charge is 2.26. The van der Waals surface area contributed by atoms with Crippen LogP contribution >= 0.6 is 0 Å². The van der Waals surface area contributed by atoms with E-state index in [1.165, 1.54) is 5.56 Å². The summed E-state index contributed by atoms with van der Waals surface area (Å²) in [7, 11) is 3.80. The highest BCUT2D eigenvalue weighted by Crippen LogP contribution is 2.26. The summed E-state index contributed by atoms with van der Waals surface area (Å²) >= 11 is 0. The molecule has 0 aromatic carbocycles. The van der Waals surface area contributed by atoms with E-state index >= 15 is 0 Å². The molecule has 146 valence electrons. The predicted molar refractivity (Wildman–Crippen MR) is 108 cm³/mol. The van der Waals surface area contributed by atoms with Gasteiger partial charge in [-0.05, 0) is 30.5 Å². The summed E-state index contributed by atoms with van der Waals surface area (Å²) in [4.78, 5) is 15.6. The van der Waals surface area contributed by atoms with E-state index in [1.807, 2.05) is 54.9 Å². The summed E-state index contributed by atoms with van der Waals surface area (Å²) in [5, 5.41) is 7.76. The number of pyridine rings is 1. The van der Waals surface area contributed by atoms with Crippen molar-refractivity contribution in [1.29, 1.82) is 0 Å². The van der Waals surface area contributed by atoms with Crippen molar-refractivity contribution in [2.45, 2.75) is 25.8 Å². The first-order chi connectivity index (χ1) is 13.6. The molecule has 4 rings (SSSR count). The van der Waals surface area contributed by atoms with Crippen molar-refractivity contribution >= 4 is 5.96 Å². The van der Waals surface area contributed by atoms with Crippen LogP contribution in [0.1, 0.15) is 29.3 Å². The molecule has 3 aromatic rings. The van der Waals surface area contributed by atoms with Crippen molar-refractivity contribution in [3.63, 3.8) is 0 Å². The average molecular weight is 378 g/mol. The Labute approximate surface area is 164 Å². The zero-order valence-corrected chi connectivity index (χ0v) is 16.6. The van der Waals surface area contributed by atoms with Crippen LogP contribution in [0.15, 0.2) is 48.1 Å². The van der Waals surface area contributed by atoms with Crippen LogP contribution in [0.4, 0.5) is 0 Å². The van der Waals surface area contributed by atoms with Gasteiger partial charge in [-0.15, -0.1) is 0 Å². The van der Waals surface area contributed by atoms with Gasteiger partial charge in [0.25, 0.3) is 0 Å². The van der Waals surface area contributed by atoms with Gasteiger partial charge >= 0.3 is 0 Å². The van der Waals surface area contributed by atoms with Crippen molar-refractivity contribution in [2.75, 3.05) is 20.1 Å². The molecule has 0 spiro atoms. The summed E-state index contributed by atoms with van der Waals surface area (Å²) in [6.45, 7) is 4.62.